The van der Waals surface area contributed by atoms with Gasteiger partial charge in [-0.05, 0) is 32.1 Å². The number of unbranched alkanes of at least 4 members (excludes halogenated alkanes) is 4. The summed E-state index contributed by atoms with van der Waals surface area (Å²) in [6.45, 7) is 12.9. The van der Waals surface area contributed by atoms with E-state index in [1.165, 1.54) is 11.8 Å². The Morgan fingerprint density at radius 1 is 0.833 bits per heavy atom. The number of esters is 2. The molecular formula is C23H43NO4S2. The van der Waals surface area contributed by atoms with E-state index in [1.807, 2.05) is 6.92 Å². The molecule has 0 aliphatic rings. The quantitative estimate of drug-likeness (QED) is 0.150. The molecule has 0 aromatic rings. The zero-order valence-corrected chi connectivity index (χ0v) is 21.4. The maximum Gasteiger partial charge on any atom is 0.319 e. The van der Waals surface area contributed by atoms with E-state index in [2.05, 4.69) is 32.6 Å². The molecule has 0 spiro atoms. The van der Waals surface area contributed by atoms with Crippen LogP contribution in [0.25, 0.3) is 0 Å². The van der Waals surface area contributed by atoms with Crippen molar-refractivity contribution in [2.45, 2.75) is 97.7 Å². The van der Waals surface area contributed by atoms with Gasteiger partial charge in [0.05, 0.1) is 19.1 Å². The Morgan fingerprint density at radius 3 is 1.77 bits per heavy atom. The van der Waals surface area contributed by atoms with Crippen LogP contribution in [0, 0.1) is 5.92 Å². The lowest BCUT2D eigenvalue weighted by Crippen LogP contribution is -2.34. The highest BCUT2D eigenvalue weighted by Crippen LogP contribution is 2.25. The van der Waals surface area contributed by atoms with E-state index in [1.54, 1.807) is 0 Å². The Balaban J connectivity index is 5.09. The highest BCUT2D eigenvalue weighted by molar-refractivity contribution is 8.23. The van der Waals surface area contributed by atoms with E-state index in [0.717, 1.165) is 68.8 Å². The van der Waals surface area contributed by atoms with Gasteiger partial charge < -0.3 is 14.4 Å². The van der Waals surface area contributed by atoms with E-state index in [0.29, 0.717) is 19.6 Å². The minimum atomic E-state index is -0.492. The van der Waals surface area contributed by atoms with Gasteiger partial charge in [-0.25, -0.2) is 0 Å². The van der Waals surface area contributed by atoms with Crippen molar-refractivity contribution >= 4 is 40.2 Å². The van der Waals surface area contributed by atoms with Gasteiger partial charge in [-0.1, -0.05) is 84.3 Å². The van der Waals surface area contributed by atoms with Crippen molar-refractivity contribution in [2.24, 2.45) is 5.92 Å². The van der Waals surface area contributed by atoms with Gasteiger partial charge in [-0.3, -0.25) is 9.59 Å². The predicted octanol–water partition coefficient (Wildman–Crippen LogP) is 5.99. The zero-order chi connectivity index (χ0) is 22.8. The Labute approximate surface area is 194 Å². The molecule has 0 rings (SSSR count). The third-order valence-electron chi connectivity index (χ3n) is 4.78. The van der Waals surface area contributed by atoms with Crippen molar-refractivity contribution < 1.29 is 19.1 Å². The Hall–Kier alpha value is -0.820. The molecule has 0 heterocycles. The highest BCUT2D eigenvalue weighted by atomic mass is 32.2. The summed E-state index contributed by atoms with van der Waals surface area (Å²) >= 11 is 7.07. The molecule has 176 valence electrons. The summed E-state index contributed by atoms with van der Waals surface area (Å²) in [6, 6.07) is 0. The third kappa shape index (κ3) is 13.5. The molecule has 0 aliphatic heterocycles. The standard InChI is InChI=1S/C23H43NO4S2/c1-6-10-14-24(15-11-7-2)23(29)30-20(22(26)28-17-13-9-4)18-19(5)21(25)27-16-12-8-3/h19-20H,6-18H2,1-5H3. The lowest BCUT2D eigenvalue weighted by Gasteiger charge is -2.27. The average molecular weight is 462 g/mol. The monoisotopic (exact) mass is 461 g/mol. The summed E-state index contributed by atoms with van der Waals surface area (Å²) in [5.41, 5.74) is 0. The van der Waals surface area contributed by atoms with E-state index >= 15 is 0 Å². The van der Waals surface area contributed by atoms with Gasteiger partial charge in [0.1, 0.15) is 9.57 Å². The first kappa shape index (κ1) is 29.2. The predicted molar refractivity (Wildman–Crippen MR) is 131 cm³/mol. The number of hydrogen-bond acceptors (Lipinski definition) is 6. The van der Waals surface area contributed by atoms with Crippen LogP contribution in [0.15, 0.2) is 0 Å². The maximum atomic E-state index is 12.7. The van der Waals surface area contributed by atoms with Crippen LogP contribution in [0.5, 0.6) is 0 Å². The SMILES string of the molecule is CCCCOC(=O)C(C)CC(SC(=S)N(CCCC)CCCC)C(=O)OCCCC. The van der Waals surface area contributed by atoms with Crippen LogP contribution in [-0.2, 0) is 19.1 Å². The summed E-state index contributed by atoms with van der Waals surface area (Å²) in [7, 11) is 0. The molecule has 0 fully saturated rings. The van der Waals surface area contributed by atoms with Crippen molar-refractivity contribution in [3.05, 3.63) is 0 Å². The summed E-state index contributed by atoms with van der Waals surface area (Å²) in [5.74, 6) is -0.911. The van der Waals surface area contributed by atoms with Crippen molar-refractivity contribution in [3.63, 3.8) is 0 Å². The van der Waals surface area contributed by atoms with Gasteiger partial charge in [-0.15, -0.1) is 0 Å². The third-order valence-corrected chi connectivity index (χ3v) is 6.46. The molecular weight excluding hydrogens is 418 g/mol. The second-order valence-corrected chi connectivity index (χ2v) is 9.58. The summed E-state index contributed by atoms with van der Waals surface area (Å²) in [4.78, 5) is 27.3. The highest BCUT2D eigenvalue weighted by Gasteiger charge is 2.29. The van der Waals surface area contributed by atoms with Crippen molar-refractivity contribution in [1.29, 1.82) is 0 Å². The number of thioether (sulfide) groups is 1. The van der Waals surface area contributed by atoms with Crippen molar-refractivity contribution in [1.82, 2.24) is 4.90 Å². The van der Waals surface area contributed by atoms with Crippen LogP contribution >= 0.6 is 24.0 Å². The molecule has 2 atom stereocenters. The molecule has 0 aliphatic carbocycles. The van der Waals surface area contributed by atoms with Crippen LogP contribution < -0.4 is 0 Å². The van der Waals surface area contributed by atoms with E-state index < -0.39 is 5.25 Å². The fourth-order valence-corrected chi connectivity index (χ4v) is 4.32. The smallest absolute Gasteiger partial charge is 0.319 e. The fraction of sp³-hybridized carbons (Fsp3) is 0.870. The number of thiocarbonyl (C=S) groups is 1. The van der Waals surface area contributed by atoms with Gasteiger partial charge >= 0.3 is 11.9 Å². The van der Waals surface area contributed by atoms with Gasteiger partial charge in [0.2, 0.25) is 0 Å². The fourth-order valence-electron chi connectivity index (χ4n) is 2.67. The number of nitrogens with zero attached hydrogens (tertiary/aromatic N) is 1. The zero-order valence-electron chi connectivity index (χ0n) is 19.7. The average Bonchev–Trinajstić information content (AvgIpc) is 2.73. The minimum absolute atomic E-state index is 0.254. The second-order valence-electron chi connectivity index (χ2n) is 7.75. The largest absolute Gasteiger partial charge is 0.465 e. The van der Waals surface area contributed by atoms with Gasteiger partial charge in [0, 0.05) is 13.1 Å². The molecule has 0 amide bonds. The number of carbonyl (C=O) groups is 2. The molecule has 0 saturated carbocycles. The molecule has 7 heteroatoms. The van der Waals surface area contributed by atoms with Crippen LogP contribution in [0.4, 0.5) is 0 Å². The molecule has 0 radical (unpaired) electrons. The first-order valence-corrected chi connectivity index (χ1v) is 13.0. The summed E-state index contributed by atoms with van der Waals surface area (Å²) < 4.78 is 11.5. The first-order chi connectivity index (χ1) is 14.4. The van der Waals surface area contributed by atoms with Gasteiger partial charge in [0.25, 0.3) is 0 Å². The molecule has 0 aromatic carbocycles. The van der Waals surface area contributed by atoms with E-state index in [4.69, 9.17) is 21.7 Å². The molecule has 30 heavy (non-hydrogen) atoms. The van der Waals surface area contributed by atoms with Crippen LogP contribution in [0.2, 0.25) is 0 Å². The van der Waals surface area contributed by atoms with Crippen LogP contribution in [0.1, 0.15) is 92.4 Å². The number of hydrogen-bond donors (Lipinski definition) is 0. The van der Waals surface area contributed by atoms with Gasteiger partial charge in [0.15, 0.2) is 0 Å². The van der Waals surface area contributed by atoms with E-state index in [-0.39, 0.29) is 17.9 Å². The lowest BCUT2D eigenvalue weighted by atomic mass is 10.1. The van der Waals surface area contributed by atoms with Crippen molar-refractivity contribution in [3.8, 4) is 0 Å². The minimum Gasteiger partial charge on any atom is -0.465 e. The van der Waals surface area contributed by atoms with E-state index in [9.17, 15) is 9.59 Å². The van der Waals surface area contributed by atoms with Crippen molar-refractivity contribution in [2.75, 3.05) is 26.3 Å². The molecule has 5 nitrogen and oxygen atoms in total. The molecule has 2 unspecified atom stereocenters. The number of ether oxygens (including phenoxy) is 2. The van der Waals surface area contributed by atoms with Crippen LogP contribution in [-0.4, -0.2) is 52.7 Å². The lowest BCUT2D eigenvalue weighted by molar-refractivity contribution is -0.149. The Morgan fingerprint density at radius 2 is 1.30 bits per heavy atom. The second kappa shape index (κ2) is 18.9. The molecule has 0 bridgehead atoms. The Bertz CT molecular complexity index is 480. The molecule has 0 aromatic heterocycles. The number of carbonyl (C=O) groups excluding carboxylic acids is 2. The number of rotatable bonds is 17. The summed E-state index contributed by atoms with van der Waals surface area (Å²) in [6.07, 6.45) is 8.32. The topological polar surface area (TPSA) is 55.8 Å². The maximum absolute atomic E-state index is 12.7. The van der Waals surface area contributed by atoms with Crippen LogP contribution in [0.3, 0.4) is 0 Å². The Kier molecular flexibility index (Phi) is 18.4. The summed E-state index contributed by atoms with van der Waals surface area (Å²) in [5, 5.41) is -0.492. The normalized spacial score (nSPS) is 12.8. The first-order valence-electron chi connectivity index (χ1n) is 11.7. The molecule has 0 N–H and O–H groups in total. The molecule has 0 saturated heterocycles. The van der Waals surface area contributed by atoms with Gasteiger partial charge in [-0.2, -0.15) is 0 Å².